The van der Waals surface area contributed by atoms with Gasteiger partial charge in [0.05, 0.1) is 28.8 Å². The fourth-order valence-corrected chi connectivity index (χ4v) is 4.53. The van der Waals surface area contributed by atoms with E-state index < -0.39 is 15.7 Å². The number of nitrogens with one attached hydrogen (secondary N) is 2. The Morgan fingerprint density at radius 1 is 1.22 bits per heavy atom. The van der Waals surface area contributed by atoms with Gasteiger partial charge in [-0.15, -0.1) is 0 Å². The van der Waals surface area contributed by atoms with Crippen LogP contribution in [-0.2, 0) is 19.4 Å². The molecule has 0 radical (unpaired) electrons. The molecule has 1 fully saturated rings. The fraction of sp³-hybridized carbons (Fsp3) is 0.429. The topological polar surface area (TPSA) is 92.3 Å². The van der Waals surface area contributed by atoms with Crippen LogP contribution in [0.1, 0.15) is 12.8 Å². The molecule has 9 heteroatoms. The summed E-state index contributed by atoms with van der Waals surface area (Å²) in [5.41, 5.74) is 0.361. The molecule has 1 aliphatic rings. The van der Waals surface area contributed by atoms with E-state index in [-0.39, 0.29) is 36.3 Å². The molecule has 0 aromatic heterocycles. The van der Waals surface area contributed by atoms with Gasteiger partial charge < -0.3 is 10.6 Å². The number of benzene rings is 1. The third kappa shape index (κ3) is 5.67. The first-order valence-corrected chi connectivity index (χ1v) is 9.55. The predicted molar refractivity (Wildman–Crippen MR) is 89.5 cm³/mol. The Morgan fingerprint density at radius 2 is 1.96 bits per heavy atom. The second-order valence-electron chi connectivity index (χ2n) is 5.42. The van der Waals surface area contributed by atoms with Crippen LogP contribution in [-0.4, -0.2) is 38.3 Å². The van der Waals surface area contributed by atoms with E-state index in [0.717, 1.165) is 0 Å². The summed E-state index contributed by atoms with van der Waals surface area (Å²) >= 11 is 11.7. The summed E-state index contributed by atoms with van der Waals surface area (Å²) in [7, 11) is -3.01. The molecule has 2 amide bonds. The third-order valence-corrected chi connectivity index (χ3v) is 5.85. The zero-order valence-corrected chi connectivity index (χ0v) is 14.5. The fourth-order valence-electron chi connectivity index (χ4n) is 2.33. The Hall–Kier alpha value is -1.31. The highest BCUT2D eigenvalue weighted by Gasteiger charge is 2.29. The zero-order chi connectivity index (χ0) is 17.0. The second-order valence-corrected chi connectivity index (χ2v) is 8.49. The number of halogens is 2. The lowest BCUT2D eigenvalue weighted by atomic mass is 10.1. The standard InChI is InChI=1S/C14H16Cl2N2O4S/c15-10-1-2-11(16)12(6-10)18-14(20)7-17-13(19)5-9-3-4-23(21,22)8-9/h1-2,6,9H,3-5,7-8H2,(H,17,19)(H,18,20)/t9-/m1/s1. The summed E-state index contributed by atoms with van der Waals surface area (Å²) in [4.78, 5) is 23.6. The summed E-state index contributed by atoms with van der Waals surface area (Å²) in [5.74, 6) is -0.810. The summed E-state index contributed by atoms with van der Waals surface area (Å²) in [6.45, 7) is -0.221. The van der Waals surface area contributed by atoms with Gasteiger partial charge in [0.1, 0.15) is 0 Å². The lowest BCUT2D eigenvalue weighted by Gasteiger charge is -2.10. The Bertz CT molecular complexity index is 721. The number of amides is 2. The summed E-state index contributed by atoms with van der Waals surface area (Å²) in [5, 5.41) is 5.78. The van der Waals surface area contributed by atoms with Crippen LogP contribution in [0.25, 0.3) is 0 Å². The van der Waals surface area contributed by atoms with E-state index in [9.17, 15) is 18.0 Å². The first-order chi connectivity index (χ1) is 10.7. The Labute approximate surface area is 144 Å². The normalized spacial score (nSPS) is 19.3. The molecule has 0 unspecified atom stereocenters. The van der Waals surface area contributed by atoms with E-state index >= 15 is 0 Å². The number of rotatable bonds is 5. The molecular formula is C14H16Cl2N2O4S. The van der Waals surface area contributed by atoms with E-state index in [2.05, 4.69) is 10.6 Å². The van der Waals surface area contributed by atoms with Crippen molar-refractivity contribution in [3.63, 3.8) is 0 Å². The molecular weight excluding hydrogens is 363 g/mol. The maximum Gasteiger partial charge on any atom is 0.243 e. The summed E-state index contributed by atoms with van der Waals surface area (Å²) in [6.07, 6.45) is 0.588. The van der Waals surface area contributed by atoms with Crippen molar-refractivity contribution in [3.8, 4) is 0 Å². The minimum absolute atomic E-state index is 0.0325. The molecule has 1 aromatic rings. The molecule has 1 heterocycles. The molecule has 2 rings (SSSR count). The van der Waals surface area contributed by atoms with Crippen LogP contribution in [0.4, 0.5) is 5.69 Å². The van der Waals surface area contributed by atoms with Crippen LogP contribution in [0.3, 0.4) is 0 Å². The van der Waals surface area contributed by atoms with Crippen molar-refractivity contribution in [1.29, 1.82) is 0 Å². The minimum atomic E-state index is -3.01. The number of anilines is 1. The van der Waals surface area contributed by atoms with E-state index in [0.29, 0.717) is 22.2 Å². The monoisotopic (exact) mass is 378 g/mol. The molecule has 1 aromatic carbocycles. The molecule has 1 saturated heterocycles. The van der Waals surface area contributed by atoms with E-state index in [1.807, 2.05) is 0 Å². The molecule has 23 heavy (non-hydrogen) atoms. The first-order valence-electron chi connectivity index (χ1n) is 6.97. The maximum atomic E-state index is 11.8. The highest BCUT2D eigenvalue weighted by Crippen LogP contribution is 2.25. The Balaban J connectivity index is 1.78. The number of hydrogen-bond acceptors (Lipinski definition) is 4. The van der Waals surface area contributed by atoms with E-state index in [1.54, 1.807) is 12.1 Å². The van der Waals surface area contributed by atoms with Gasteiger partial charge in [0.2, 0.25) is 11.8 Å². The van der Waals surface area contributed by atoms with Crippen LogP contribution in [0.5, 0.6) is 0 Å². The molecule has 2 N–H and O–H groups in total. The first kappa shape index (κ1) is 18.0. The van der Waals surface area contributed by atoms with E-state index in [1.165, 1.54) is 6.07 Å². The smallest absolute Gasteiger partial charge is 0.243 e. The van der Waals surface area contributed by atoms with Crippen molar-refractivity contribution in [2.24, 2.45) is 5.92 Å². The van der Waals surface area contributed by atoms with Gasteiger partial charge in [0.25, 0.3) is 0 Å². The van der Waals surface area contributed by atoms with Crippen LogP contribution < -0.4 is 10.6 Å². The number of carbonyl (C=O) groups excluding carboxylic acids is 2. The minimum Gasteiger partial charge on any atom is -0.347 e. The van der Waals surface area contributed by atoms with Crippen molar-refractivity contribution < 1.29 is 18.0 Å². The number of carbonyl (C=O) groups is 2. The molecule has 0 bridgehead atoms. The maximum absolute atomic E-state index is 11.8. The van der Waals surface area contributed by atoms with Crippen LogP contribution >= 0.6 is 23.2 Å². The van der Waals surface area contributed by atoms with Crippen molar-refractivity contribution in [1.82, 2.24) is 5.32 Å². The lowest BCUT2D eigenvalue weighted by molar-refractivity contribution is -0.124. The Kier molecular flexibility index (Phi) is 5.89. The van der Waals surface area contributed by atoms with Gasteiger partial charge in [-0.1, -0.05) is 23.2 Å². The third-order valence-electron chi connectivity index (χ3n) is 3.45. The van der Waals surface area contributed by atoms with Crippen LogP contribution in [0.2, 0.25) is 10.0 Å². The molecule has 0 spiro atoms. The van der Waals surface area contributed by atoms with Crippen LogP contribution in [0.15, 0.2) is 18.2 Å². The molecule has 0 aliphatic carbocycles. The lowest BCUT2D eigenvalue weighted by Crippen LogP contribution is -2.34. The summed E-state index contributed by atoms with van der Waals surface area (Å²) in [6, 6.07) is 4.66. The van der Waals surface area contributed by atoms with E-state index in [4.69, 9.17) is 23.2 Å². The quantitative estimate of drug-likeness (QED) is 0.817. The van der Waals surface area contributed by atoms with Crippen molar-refractivity contribution >= 4 is 50.5 Å². The SMILES string of the molecule is O=C(C[C@H]1CCS(=O)(=O)C1)NCC(=O)Nc1cc(Cl)ccc1Cl. The average Bonchev–Trinajstić information content (AvgIpc) is 2.79. The van der Waals surface area contributed by atoms with Crippen molar-refractivity contribution in [3.05, 3.63) is 28.2 Å². The van der Waals surface area contributed by atoms with Crippen molar-refractivity contribution in [2.45, 2.75) is 12.8 Å². The van der Waals surface area contributed by atoms with Gasteiger partial charge in [-0.2, -0.15) is 0 Å². The molecule has 6 nitrogen and oxygen atoms in total. The molecule has 1 atom stereocenters. The Morgan fingerprint density at radius 3 is 2.61 bits per heavy atom. The number of sulfone groups is 1. The zero-order valence-electron chi connectivity index (χ0n) is 12.1. The number of hydrogen-bond donors (Lipinski definition) is 2. The molecule has 126 valence electrons. The van der Waals surface area contributed by atoms with Gasteiger partial charge in [-0.25, -0.2) is 8.42 Å². The van der Waals surface area contributed by atoms with Gasteiger partial charge in [0.15, 0.2) is 9.84 Å². The van der Waals surface area contributed by atoms with Gasteiger partial charge in [0, 0.05) is 11.4 Å². The van der Waals surface area contributed by atoms with Gasteiger partial charge in [-0.05, 0) is 30.5 Å². The highest BCUT2D eigenvalue weighted by molar-refractivity contribution is 7.91. The van der Waals surface area contributed by atoms with Crippen molar-refractivity contribution in [2.75, 3.05) is 23.4 Å². The molecule has 1 aliphatic heterocycles. The second kappa shape index (κ2) is 7.51. The largest absolute Gasteiger partial charge is 0.347 e. The van der Waals surface area contributed by atoms with Crippen LogP contribution in [0, 0.1) is 5.92 Å². The van der Waals surface area contributed by atoms with Gasteiger partial charge in [-0.3, -0.25) is 9.59 Å². The average molecular weight is 379 g/mol. The predicted octanol–water partition coefficient (Wildman–Crippen LogP) is 1.87. The summed E-state index contributed by atoms with van der Waals surface area (Å²) < 4.78 is 22.7. The van der Waals surface area contributed by atoms with Gasteiger partial charge >= 0.3 is 0 Å². The highest BCUT2D eigenvalue weighted by atomic mass is 35.5. The molecule has 0 saturated carbocycles.